The number of phosphoric ester groups is 2. The van der Waals surface area contributed by atoms with Crippen molar-refractivity contribution in [3.05, 3.63) is 29.0 Å². The standard InChI is InChI=1S/C19H26N8O14P2.2C6H15N/c20-8-1-2-26(19(31)23-8)16-11(29)12-7(39-16)4-37-43(34,35)41-13-10(28)6(3-36-42(32,33)40-12)38-17(13)27-5-22-9-14(27)24-18(21)25-15(9)30;2*1-4-7(5-2)6-3/h1-2,5-8,10-13,16-17,28-29H,3-4,20H2,(H,23,31)(H,32,33)(H,34,35)(H3,21,24,25,30);2*4-6H2,1-3H3/t6-,7-,8?,10-,11-,12-,13-,16-,17-;;/m1../s1. The summed E-state index contributed by atoms with van der Waals surface area (Å²) in [6.07, 6.45) is -10.3. The van der Waals surface area contributed by atoms with Crippen molar-refractivity contribution in [2.24, 2.45) is 5.73 Å². The third kappa shape index (κ3) is 11.6. The Bertz CT molecular complexity index is 1790. The van der Waals surface area contributed by atoms with Crippen LogP contribution in [0.15, 0.2) is 23.4 Å². The highest BCUT2D eigenvalue weighted by Crippen LogP contribution is 2.53. The van der Waals surface area contributed by atoms with Crippen molar-refractivity contribution in [2.75, 3.05) is 58.2 Å². The van der Waals surface area contributed by atoms with Crippen LogP contribution < -0.4 is 22.3 Å². The molecule has 0 saturated carbocycles. The average molecular weight is 855 g/mol. The predicted octanol–water partition coefficient (Wildman–Crippen LogP) is -0.416. The van der Waals surface area contributed by atoms with E-state index in [9.17, 15) is 38.7 Å². The Morgan fingerprint density at radius 3 is 1.89 bits per heavy atom. The summed E-state index contributed by atoms with van der Waals surface area (Å²) < 4.78 is 59.0. The van der Waals surface area contributed by atoms with Crippen LogP contribution in [0.1, 0.15) is 47.8 Å². The lowest BCUT2D eigenvalue weighted by atomic mass is 10.1. The average Bonchev–Trinajstić information content (AvgIpc) is 3.81. The van der Waals surface area contributed by atoms with Crippen molar-refractivity contribution >= 4 is 38.8 Å². The number of carbonyl (C=O) groups is 1. The van der Waals surface area contributed by atoms with Gasteiger partial charge in [0.2, 0.25) is 5.95 Å². The number of imidazole rings is 1. The smallest absolute Gasteiger partial charge is 0.387 e. The minimum atomic E-state index is -5.13. The maximum absolute atomic E-state index is 13.1. The van der Waals surface area contributed by atoms with Gasteiger partial charge in [0.15, 0.2) is 23.6 Å². The molecular formula is C31H56N10O14P2. The molecule has 3 saturated heterocycles. The fourth-order valence-electron chi connectivity index (χ4n) is 6.30. The maximum Gasteiger partial charge on any atom is 0.472 e. The summed E-state index contributed by atoms with van der Waals surface area (Å²) in [5.74, 6) is -0.293. The molecule has 3 unspecified atom stereocenters. The second-order valence-electron chi connectivity index (χ2n) is 13.0. The summed E-state index contributed by atoms with van der Waals surface area (Å²) in [5, 5.41) is 24.2. The van der Waals surface area contributed by atoms with E-state index in [1.807, 2.05) is 0 Å². The Hall–Kier alpha value is -2.90. The number of nitrogen functional groups attached to an aromatic ring is 1. The van der Waals surface area contributed by atoms with Gasteiger partial charge in [0, 0.05) is 6.20 Å². The Labute approximate surface area is 329 Å². The van der Waals surface area contributed by atoms with Gasteiger partial charge in [-0.2, -0.15) is 4.98 Å². The fourth-order valence-corrected chi connectivity index (χ4v) is 8.20. The number of H-pyrrole nitrogens is 1. The van der Waals surface area contributed by atoms with Gasteiger partial charge in [0.1, 0.15) is 36.6 Å². The molecule has 0 aromatic carbocycles. The zero-order valence-electron chi connectivity index (χ0n) is 32.7. The molecule has 6 rings (SSSR count). The lowest BCUT2D eigenvalue weighted by molar-refractivity contribution is -0.0730. The van der Waals surface area contributed by atoms with Gasteiger partial charge in [0.05, 0.1) is 25.7 Å². The maximum atomic E-state index is 13.1. The van der Waals surface area contributed by atoms with E-state index in [-0.39, 0.29) is 17.1 Å². The summed E-state index contributed by atoms with van der Waals surface area (Å²) >= 11 is 0. The lowest BCUT2D eigenvalue weighted by Gasteiger charge is -2.31. The van der Waals surface area contributed by atoms with Crippen LogP contribution in [0.3, 0.4) is 0 Å². The van der Waals surface area contributed by atoms with Crippen LogP contribution >= 0.6 is 15.6 Å². The molecule has 10 N–H and O–H groups in total. The molecule has 4 aliphatic rings. The zero-order valence-corrected chi connectivity index (χ0v) is 34.5. The number of nitrogens with one attached hydrogen (secondary N) is 2. The van der Waals surface area contributed by atoms with Gasteiger partial charge >= 0.3 is 21.7 Å². The molecule has 11 atom stereocenters. The number of fused-ring (bicyclic) bond motifs is 4. The molecular weight excluding hydrogens is 798 g/mol. The number of amides is 2. The highest BCUT2D eigenvalue weighted by atomic mass is 31.2. The van der Waals surface area contributed by atoms with Crippen LogP contribution in [0.25, 0.3) is 11.2 Å². The van der Waals surface area contributed by atoms with Crippen molar-refractivity contribution in [1.29, 1.82) is 0 Å². The number of hydrogen-bond donors (Lipinski definition) is 8. The van der Waals surface area contributed by atoms with E-state index in [2.05, 4.69) is 71.6 Å². The molecule has 24 nitrogen and oxygen atoms in total. The molecule has 57 heavy (non-hydrogen) atoms. The molecule has 4 aliphatic heterocycles. The van der Waals surface area contributed by atoms with Crippen molar-refractivity contribution < 1.29 is 61.5 Å². The van der Waals surface area contributed by atoms with E-state index >= 15 is 0 Å². The van der Waals surface area contributed by atoms with Crippen LogP contribution in [0.2, 0.25) is 0 Å². The first kappa shape index (κ1) is 46.8. The van der Waals surface area contributed by atoms with Gasteiger partial charge < -0.3 is 56.1 Å². The summed E-state index contributed by atoms with van der Waals surface area (Å²) in [7, 11) is -10.2. The third-order valence-electron chi connectivity index (χ3n) is 9.60. The van der Waals surface area contributed by atoms with Crippen molar-refractivity contribution in [3.8, 4) is 0 Å². The number of nitrogens with zero attached hydrogens (tertiary/aromatic N) is 6. The molecule has 2 aromatic rings. The summed E-state index contributed by atoms with van der Waals surface area (Å²) in [6.45, 7) is 18.5. The number of hydrogen-bond acceptors (Lipinski definition) is 18. The predicted molar refractivity (Wildman–Crippen MR) is 203 cm³/mol. The number of nitrogens with two attached hydrogens (primary N) is 2. The number of urea groups is 1. The number of aliphatic hydroxyl groups excluding tert-OH is 2. The second-order valence-corrected chi connectivity index (χ2v) is 15.8. The Morgan fingerprint density at radius 2 is 1.37 bits per heavy atom. The molecule has 2 aromatic heterocycles. The number of phosphoric acid groups is 2. The number of anilines is 1. The number of rotatable bonds is 8. The molecule has 0 aliphatic carbocycles. The molecule has 6 heterocycles. The summed E-state index contributed by atoms with van der Waals surface area (Å²) in [6, 6.07) is -0.785. The summed E-state index contributed by atoms with van der Waals surface area (Å²) in [4.78, 5) is 61.5. The fraction of sp³-hybridized carbons (Fsp3) is 0.742. The molecule has 2 bridgehead atoms. The van der Waals surface area contributed by atoms with Gasteiger partial charge in [-0.1, -0.05) is 41.5 Å². The van der Waals surface area contributed by atoms with Gasteiger partial charge in [-0.05, 0) is 45.3 Å². The number of carbonyl (C=O) groups excluding carboxylic acids is 1. The largest absolute Gasteiger partial charge is 0.472 e. The first-order valence-electron chi connectivity index (χ1n) is 18.6. The van der Waals surface area contributed by atoms with Crippen LogP contribution in [0.4, 0.5) is 10.7 Å². The van der Waals surface area contributed by atoms with Gasteiger partial charge in [-0.15, -0.1) is 0 Å². The molecule has 0 radical (unpaired) electrons. The number of ether oxygens (including phenoxy) is 2. The van der Waals surface area contributed by atoms with Crippen molar-refractivity contribution in [3.63, 3.8) is 0 Å². The van der Waals surface area contributed by atoms with Crippen LogP contribution in [-0.4, -0.2) is 162 Å². The minimum absolute atomic E-state index is 0.140. The van der Waals surface area contributed by atoms with E-state index in [1.54, 1.807) is 0 Å². The number of aromatic nitrogens is 4. The van der Waals surface area contributed by atoms with Crippen molar-refractivity contribution in [1.82, 2.24) is 39.5 Å². The van der Waals surface area contributed by atoms with E-state index in [1.165, 1.54) is 51.5 Å². The van der Waals surface area contributed by atoms with Crippen molar-refractivity contribution in [2.45, 2.75) is 96.8 Å². The topological polar surface area (TPSA) is 325 Å². The van der Waals surface area contributed by atoms with Crippen LogP contribution in [-0.2, 0) is 36.7 Å². The van der Waals surface area contributed by atoms with Gasteiger partial charge in [-0.3, -0.25) is 37.3 Å². The SMILES string of the molecule is CCN(CC)CC.CCN(CC)CC.Nc1nc2c(ncn2[C@@H]2O[C@@H]3COP(=O)(O)O[C@H]4[C@@H](O)[C@H](N5C=CC(N)NC5=O)O[C@@H]4COP(=O)(O)O[C@@H]2[C@@H]3O)c(=O)[nH]1. The van der Waals surface area contributed by atoms with Crippen LogP contribution in [0.5, 0.6) is 0 Å². The monoisotopic (exact) mass is 854 g/mol. The quantitative estimate of drug-likeness (QED) is 0.156. The van der Waals surface area contributed by atoms with Crippen LogP contribution in [0, 0.1) is 0 Å². The molecule has 26 heteroatoms. The molecule has 2 amide bonds. The Morgan fingerprint density at radius 1 is 0.842 bits per heavy atom. The minimum Gasteiger partial charge on any atom is -0.387 e. The molecule has 0 spiro atoms. The Balaban J connectivity index is 0.000000440. The second kappa shape index (κ2) is 20.4. The Kier molecular flexibility index (Phi) is 16.7. The highest BCUT2D eigenvalue weighted by Gasteiger charge is 2.54. The third-order valence-corrected chi connectivity index (χ3v) is 11.6. The number of aromatic amines is 1. The van der Waals surface area contributed by atoms with E-state index in [4.69, 9.17) is 39.0 Å². The molecule has 324 valence electrons. The number of aliphatic hydroxyl groups is 2. The van der Waals surface area contributed by atoms with E-state index < -0.39 is 95.7 Å². The van der Waals surface area contributed by atoms with Gasteiger partial charge in [-0.25, -0.2) is 18.9 Å². The highest BCUT2D eigenvalue weighted by molar-refractivity contribution is 7.47. The van der Waals surface area contributed by atoms with Gasteiger partial charge in [0.25, 0.3) is 5.56 Å². The van der Waals surface area contributed by atoms with E-state index in [0.717, 1.165) is 15.8 Å². The molecule has 3 fully saturated rings. The summed E-state index contributed by atoms with van der Waals surface area (Å²) in [5.41, 5.74) is 10.2. The first-order valence-corrected chi connectivity index (χ1v) is 21.6. The lowest BCUT2D eigenvalue weighted by Crippen LogP contribution is -2.55. The normalized spacial score (nSPS) is 34.4. The first-order chi connectivity index (χ1) is 26.9. The van der Waals surface area contributed by atoms with E-state index in [0.29, 0.717) is 0 Å². The zero-order chi connectivity index (χ0) is 42.2.